The third-order valence-corrected chi connectivity index (χ3v) is 5.63. The van der Waals surface area contributed by atoms with Crippen LogP contribution in [0.4, 0.5) is 5.69 Å². The van der Waals surface area contributed by atoms with Crippen LogP contribution in [0.15, 0.2) is 71.7 Å². The molecule has 2 amide bonds. The number of rotatable bonds is 11. The van der Waals surface area contributed by atoms with E-state index in [-0.39, 0.29) is 35.4 Å². The van der Waals surface area contributed by atoms with Crippen molar-refractivity contribution in [2.75, 3.05) is 11.9 Å². The summed E-state index contributed by atoms with van der Waals surface area (Å²) in [6, 6.07) is 18.4. The van der Waals surface area contributed by atoms with Crippen LogP contribution in [-0.4, -0.2) is 41.9 Å². The van der Waals surface area contributed by atoms with Crippen LogP contribution in [0.2, 0.25) is 0 Å². The van der Waals surface area contributed by atoms with Crippen molar-refractivity contribution in [1.82, 2.24) is 5.32 Å². The van der Waals surface area contributed by atoms with Gasteiger partial charge in [0.05, 0.1) is 17.3 Å². The molecule has 0 heterocycles. The molecule has 0 saturated carbocycles. The summed E-state index contributed by atoms with van der Waals surface area (Å²) in [5.74, 6) is -2.47. The summed E-state index contributed by atoms with van der Waals surface area (Å²) in [5, 5.41) is 7.13. The number of aliphatic imine (C=N–C) groups is 1. The number of nitrogens with zero attached hydrogens (tertiary/aromatic N) is 1. The van der Waals surface area contributed by atoms with Crippen LogP contribution in [0.1, 0.15) is 46.9 Å². The van der Waals surface area contributed by atoms with Crippen LogP contribution < -0.4 is 22.1 Å². The molecule has 0 spiro atoms. The summed E-state index contributed by atoms with van der Waals surface area (Å²) in [6.07, 6.45) is 1.54. The minimum absolute atomic E-state index is 0. The Bertz CT molecular complexity index is 1320. The number of ketones is 2. The van der Waals surface area contributed by atoms with E-state index in [2.05, 4.69) is 15.6 Å². The second-order valence-electron chi connectivity index (χ2n) is 8.33. The van der Waals surface area contributed by atoms with Crippen molar-refractivity contribution in [2.24, 2.45) is 16.5 Å². The van der Waals surface area contributed by atoms with Gasteiger partial charge in [-0.2, -0.15) is 0 Å². The predicted molar refractivity (Wildman–Crippen MR) is 147 cm³/mol. The number of hydrogen-bond acceptors (Lipinski definition) is 5. The van der Waals surface area contributed by atoms with Gasteiger partial charge in [-0.3, -0.25) is 24.2 Å². The molecule has 9 nitrogen and oxygen atoms in total. The number of carbonyl (C=O) groups is 4. The summed E-state index contributed by atoms with van der Waals surface area (Å²) in [5.41, 5.74) is 11.2. The lowest BCUT2D eigenvalue weighted by atomic mass is 10.0. The molecule has 0 saturated heterocycles. The van der Waals surface area contributed by atoms with Crippen molar-refractivity contribution < 1.29 is 19.2 Å². The zero-order valence-corrected chi connectivity index (χ0v) is 21.2. The highest BCUT2D eigenvalue weighted by atomic mass is 35.5. The summed E-state index contributed by atoms with van der Waals surface area (Å²) in [4.78, 5) is 54.4. The average Bonchev–Trinajstić information content (AvgIpc) is 2.87. The number of halogens is 1. The molecule has 1 atom stereocenters. The minimum Gasteiger partial charge on any atom is -0.370 e. The molecule has 0 aliphatic rings. The zero-order chi connectivity index (χ0) is 26.1. The molecule has 10 heteroatoms. The molecule has 1 unspecified atom stereocenters. The quantitative estimate of drug-likeness (QED) is 0.0993. The van der Waals surface area contributed by atoms with Crippen molar-refractivity contribution in [2.45, 2.75) is 32.2 Å². The number of carbonyl (C=O) groups excluding carboxylic acids is 4. The standard InChI is InChI=1S/C27H29N5O4.ClH/c1-17(33)22(11-6-7-15-30-27(28)29)31-26(36)24(34)21-10-4-5-12-23(21)32-25(35)20-14-13-18-8-2-3-9-19(18)16-20;/h2-5,8-10,12-14,16,22H,6-7,11,15H2,1H3,(H,31,36)(H,32,35)(H4,28,29,30);1H. The van der Waals surface area contributed by atoms with Crippen LogP contribution in [0.3, 0.4) is 0 Å². The summed E-state index contributed by atoms with van der Waals surface area (Å²) < 4.78 is 0. The van der Waals surface area contributed by atoms with Crippen LogP contribution in [0.25, 0.3) is 10.8 Å². The Hall–Kier alpha value is -4.24. The molecule has 3 aromatic carbocycles. The lowest BCUT2D eigenvalue weighted by molar-refractivity contribution is -0.124. The molecule has 3 rings (SSSR count). The highest BCUT2D eigenvalue weighted by Gasteiger charge is 2.25. The Morgan fingerprint density at radius 1 is 0.892 bits per heavy atom. The molecule has 194 valence electrons. The van der Waals surface area contributed by atoms with E-state index in [0.717, 1.165) is 10.8 Å². The summed E-state index contributed by atoms with van der Waals surface area (Å²) >= 11 is 0. The van der Waals surface area contributed by atoms with Gasteiger partial charge < -0.3 is 22.1 Å². The Morgan fingerprint density at radius 3 is 2.27 bits per heavy atom. The number of benzene rings is 3. The van der Waals surface area contributed by atoms with Crippen molar-refractivity contribution in [3.8, 4) is 0 Å². The molecular weight excluding hydrogens is 494 g/mol. The first kappa shape index (κ1) is 29.0. The molecule has 0 radical (unpaired) electrons. The molecule has 37 heavy (non-hydrogen) atoms. The van der Waals surface area contributed by atoms with Crippen LogP contribution in [-0.2, 0) is 9.59 Å². The number of nitrogens with one attached hydrogen (secondary N) is 2. The monoisotopic (exact) mass is 523 g/mol. The third kappa shape index (κ3) is 8.15. The van der Waals surface area contributed by atoms with Crippen molar-refractivity contribution in [1.29, 1.82) is 0 Å². The first-order chi connectivity index (χ1) is 17.3. The SMILES string of the molecule is CC(=O)C(CCCCN=C(N)N)NC(=O)C(=O)c1ccccc1NC(=O)c1ccc2ccccc2c1.Cl. The largest absolute Gasteiger partial charge is 0.370 e. The first-order valence-corrected chi connectivity index (χ1v) is 11.6. The molecule has 0 fully saturated rings. The number of fused-ring (bicyclic) bond motifs is 1. The second-order valence-corrected chi connectivity index (χ2v) is 8.33. The normalized spacial score (nSPS) is 11.1. The molecular formula is C27H30ClN5O4. The number of anilines is 1. The molecule has 3 aromatic rings. The highest BCUT2D eigenvalue weighted by Crippen LogP contribution is 2.20. The Morgan fingerprint density at radius 2 is 1.57 bits per heavy atom. The van der Waals surface area contributed by atoms with E-state index >= 15 is 0 Å². The van der Waals surface area contributed by atoms with Gasteiger partial charge in [-0.25, -0.2) is 0 Å². The number of hydrogen-bond donors (Lipinski definition) is 4. The van der Waals surface area contributed by atoms with Gasteiger partial charge in [-0.05, 0) is 61.2 Å². The van der Waals surface area contributed by atoms with Crippen molar-refractivity contribution in [3.05, 3.63) is 77.9 Å². The van der Waals surface area contributed by atoms with E-state index in [1.807, 2.05) is 30.3 Å². The third-order valence-electron chi connectivity index (χ3n) is 5.63. The second kappa shape index (κ2) is 13.7. The van der Waals surface area contributed by atoms with Crippen molar-refractivity contribution >= 4 is 58.2 Å². The average molecular weight is 524 g/mol. The first-order valence-electron chi connectivity index (χ1n) is 11.6. The van der Waals surface area contributed by atoms with E-state index in [0.29, 0.717) is 31.4 Å². The zero-order valence-electron chi connectivity index (χ0n) is 20.4. The van der Waals surface area contributed by atoms with Gasteiger partial charge in [-0.15, -0.1) is 12.4 Å². The number of nitrogens with two attached hydrogens (primary N) is 2. The lowest BCUT2D eigenvalue weighted by Gasteiger charge is -2.16. The molecule has 0 bridgehead atoms. The van der Waals surface area contributed by atoms with Gasteiger partial charge in [0.25, 0.3) is 17.6 Å². The lowest BCUT2D eigenvalue weighted by Crippen LogP contribution is -2.43. The van der Waals surface area contributed by atoms with Crippen molar-refractivity contribution in [3.63, 3.8) is 0 Å². The fourth-order valence-corrected chi connectivity index (χ4v) is 3.71. The van der Waals surface area contributed by atoms with Gasteiger partial charge in [-0.1, -0.05) is 42.5 Å². The molecule has 0 aliphatic carbocycles. The Labute approximate surface area is 221 Å². The number of amides is 2. The highest BCUT2D eigenvalue weighted by molar-refractivity contribution is 6.44. The topological polar surface area (TPSA) is 157 Å². The molecule has 6 N–H and O–H groups in total. The van der Waals surface area contributed by atoms with E-state index in [1.165, 1.54) is 13.0 Å². The maximum Gasteiger partial charge on any atom is 0.293 e. The Kier molecular flexibility index (Phi) is 10.8. The van der Waals surface area contributed by atoms with Gasteiger partial charge in [0.15, 0.2) is 11.7 Å². The maximum atomic E-state index is 12.9. The van der Waals surface area contributed by atoms with Crippen LogP contribution >= 0.6 is 12.4 Å². The van der Waals surface area contributed by atoms with Gasteiger partial charge in [0.2, 0.25) is 0 Å². The summed E-state index contributed by atoms with van der Waals surface area (Å²) in [7, 11) is 0. The fraction of sp³-hybridized carbons (Fsp3) is 0.222. The van der Waals surface area contributed by atoms with E-state index in [1.54, 1.807) is 30.3 Å². The number of para-hydroxylation sites is 1. The molecule has 0 aliphatic heterocycles. The number of unbranched alkanes of at least 4 members (excludes halogenated alkanes) is 1. The smallest absolute Gasteiger partial charge is 0.293 e. The Balaban J connectivity index is 0.00000481. The summed E-state index contributed by atoms with van der Waals surface area (Å²) in [6.45, 7) is 1.76. The van der Waals surface area contributed by atoms with E-state index < -0.39 is 23.6 Å². The van der Waals surface area contributed by atoms with Gasteiger partial charge in [0, 0.05) is 12.1 Å². The van der Waals surface area contributed by atoms with Crippen LogP contribution in [0, 0.1) is 0 Å². The van der Waals surface area contributed by atoms with Gasteiger partial charge >= 0.3 is 0 Å². The number of Topliss-reactive ketones (excluding diaryl/α,β-unsaturated/α-hetero) is 2. The maximum absolute atomic E-state index is 12.9. The minimum atomic E-state index is -0.924. The van der Waals surface area contributed by atoms with E-state index in [9.17, 15) is 19.2 Å². The van der Waals surface area contributed by atoms with E-state index in [4.69, 9.17) is 11.5 Å². The van der Waals surface area contributed by atoms with Crippen LogP contribution in [0.5, 0.6) is 0 Å². The predicted octanol–water partition coefficient (Wildman–Crippen LogP) is 3.21. The van der Waals surface area contributed by atoms with Gasteiger partial charge in [0.1, 0.15) is 0 Å². The number of guanidine groups is 1. The fourth-order valence-electron chi connectivity index (χ4n) is 3.71. The molecule has 0 aromatic heterocycles.